The van der Waals surface area contributed by atoms with Crippen molar-refractivity contribution in [1.82, 2.24) is 4.57 Å². The molecule has 2 aromatic heterocycles. The minimum Gasteiger partial charge on any atom is -0.456 e. The minimum atomic E-state index is 0.819. The van der Waals surface area contributed by atoms with Crippen LogP contribution in [0.5, 0.6) is 11.5 Å². The van der Waals surface area contributed by atoms with E-state index in [0.717, 1.165) is 84.0 Å². The van der Waals surface area contributed by atoms with E-state index in [2.05, 4.69) is 191 Å². The molecule has 0 saturated carbocycles. The van der Waals surface area contributed by atoms with Crippen LogP contribution in [0.1, 0.15) is 0 Å². The summed E-state index contributed by atoms with van der Waals surface area (Å²) in [6.45, 7) is 0. The second kappa shape index (κ2) is 12.9. The van der Waals surface area contributed by atoms with Gasteiger partial charge in [-0.05, 0) is 112 Å². The summed E-state index contributed by atoms with van der Waals surface area (Å²) in [5.74, 6) is 1.65. The van der Waals surface area contributed by atoms with E-state index in [1.54, 1.807) is 0 Å². The Balaban J connectivity index is 0.948. The third kappa shape index (κ3) is 5.16. The number of benzene rings is 9. The number of fused-ring (bicyclic) bond motifs is 8. The number of nitrogens with zero attached hydrogens (tertiary/aromatic N) is 2. The maximum absolute atomic E-state index is 6.65. The second-order valence-corrected chi connectivity index (χ2v) is 14.9. The van der Waals surface area contributed by atoms with Crippen molar-refractivity contribution in [3.05, 3.63) is 206 Å². The average molecular weight is 743 g/mol. The molecule has 0 bridgehead atoms. The van der Waals surface area contributed by atoms with Crippen molar-refractivity contribution in [1.29, 1.82) is 0 Å². The first-order valence-corrected chi connectivity index (χ1v) is 19.7. The molecule has 0 N–H and O–H groups in total. The highest BCUT2D eigenvalue weighted by Gasteiger charge is 2.26. The fourth-order valence-electron chi connectivity index (χ4n) is 8.83. The van der Waals surface area contributed by atoms with Crippen molar-refractivity contribution in [3.8, 4) is 50.6 Å². The van der Waals surface area contributed by atoms with E-state index in [0.29, 0.717) is 0 Å². The van der Waals surface area contributed by atoms with Gasteiger partial charge in [0.25, 0.3) is 0 Å². The van der Waals surface area contributed by atoms with Gasteiger partial charge in [-0.3, -0.25) is 0 Å². The Morgan fingerprint density at radius 1 is 0.310 bits per heavy atom. The van der Waals surface area contributed by atoms with Crippen LogP contribution in [0.3, 0.4) is 0 Å². The average Bonchev–Trinajstić information content (AvgIpc) is 3.83. The Morgan fingerprint density at radius 2 is 0.948 bits per heavy atom. The first kappa shape index (κ1) is 32.4. The molecule has 58 heavy (non-hydrogen) atoms. The minimum absolute atomic E-state index is 0.819. The smallest absolute Gasteiger partial charge is 0.152 e. The fourth-order valence-corrected chi connectivity index (χ4v) is 8.83. The van der Waals surface area contributed by atoms with Crippen molar-refractivity contribution in [2.24, 2.45) is 0 Å². The number of anilines is 3. The number of furan rings is 1. The molecule has 0 fully saturated rings. The maximum Gasteiger partial charge on any atom is 0.152 e. The molecule has 272 valence electrons. The van der Waals surface area contributed by atoms with Crippen LogP contribution in [0.25, 0.3) is 82.8 Å². The Labute approximate surface area is 335 Å². The molecular formula is C54H34N2O2. The number of rotatable bonds is 5. The summed E-state index contributed by atoms with van der Waals surface area (Å²) in [4.78, 5) is 2.31. The predicted molar refractivity (Wildman–Crippen MR) is 239 cm³/mol. The van der Waals surface area contributed by atoms with Gasteiger partial charge in [0.1, 0.15) is 11.2 Å². The summed E-state index contributed by atoms with van der Waals surface area (Å²) in [5.41, 5.74) is 15.2. The molecule has 9 aromatic carbocycles. The van der Waals surface area contributed by atoms with Crippen molar-refractivity contribution in [2.75, 3.05) is 4.90 Å². The zero-order valence-electron chi connectivity index (χ0n) is 31.3. The number of aromatic nitrogens is 1. The molecule has 4 heteroatoms. The van der Waals surface area contributed by atoms with Crippen LogP contribution < -0.4 is 9.64 Å². The van der Waals surface area contributed by atoms with Gasteiger partial charge in [0.05, 0.1) is 22.4 Å². The molecule has 0 atom stereocenters. The second-order valence-electron chi connectivity index (χ2n) is 14.9. The predicted octanol–water partition coefficient (Wildman–Crippen LogP) is 15.3. The summed E-state index contributed by atoms with van der Waals surface area (Å²) in [7, 11) is 0. The third-order valence-electron chi connectivity index (χ3n) is 11.6. The lowest BCUT2D eigenvalue weighted by molar-refractivity contribution is 0.477. The molecule has 0 saturated heterocycles. The quantitative estimate of drug-likeness (QED) is 0.176. The van der Waals surface area contributed by atoms with Gasteiger partial charge in [0, 0.05) is 32.9 Å². The van der Waals surface area contributed by atoms with E-state index >= 15 is 0 Å². The lowest BCUT2D eigenvalue weighted by Crippen LogP contribution is -2.15. The van der Waals surface area contributed by atoms with Crippen LogP contribution in [0.2, 0.25) is 0 Å². The van der Waals surface area contributed by atoms with Crippen LogP contribution in [-0.2, 0) is 0 Å². The monoisotopic (exact) mass is 742 g/mol. The molecule has 0 aliphatic carbocycles. The van der Waals surface area contributed by atoms with Crippen LogP contribution >= 0.6 is 0 Å². The lowest BCUT2D eigenvalue weighted by Gasteiger charge is -2.33. The summed E-state index contributed by atoms with van der Waals surface area (Å²) in [6, 6.07) is 73.2. The Morgan fingerprint density at radius 3 is 1.84 bits per heavy atom. The highest BCUT2D eigenvalue weighted by Crippen LogP contribution is 2.51. The molecule has 0 unspecified atom stereocenters. The largest absolute Gasteiger partial charge is 0.456 e. The van der Waals surface area contributed by atoms with E-state index in [-0.39, 0.29) is 0 Å². The molecule has 0 spiro atoms. The van der Waals surface area contributed by atoms with Crippen LogP contribution in [0.15, 0.2) is 211 Å². The Kier molecular flexibility index (Phi) is 7.20. The SMILES string of the molecule is c1ccc(-c2cccc(N3c4ccccc4Oc4cc(-c5cccc(-c6ccc7c8ccccc8n(-c8ccc9oc%10ccccc%10c9c8)c7c6)c5)ccc43)c2)cc1. The first-order valence-electron chi connectivity index (χ1n) is 19.7. The highest BCUT2D eigenvalue weighted by molar-refractivity contribution is 6.11. The van der Waals surface area contributed by atoms with Crippen molar-refractivity contribution >= 4 is 60.8 Å². The zero-order valence-corrected chi connectivity index (χ0v) is 31.3. The van der Waals surface area contributed by atoms with Gasteiger partial charge in [-0.15, -0.1) is 0 Å². The molecule has 1 aliphatic rings. The van der Waals surface area contributed by atoms with Gasteiger partial charge < -0.3 is 18.6 Å². The summed E-state index contributed by atoms with van der Waals surface area (Å²) in [6.07, 6.45) is 0. The number of ether oxygens (including phenoxy) is 1. The zero-order chi connectivity index (χ0) is 38.2. The van der Waals surface area contributed by atoms with Crippen molar-refractivity contribution in [3.63, 3.8) is 0 Å². The van der Waals surface area contributed by atoms with E-state index in [4.69, 9.17) is 9.15 Å². The van der Waals surface area contributed by atoms with Gasteiger partial charge in [-0.2, -0.15) is 0 Å². The van der Waals surface area contributed by atoms with Crippen molar-refractivity contribution < 1.29 is 9.15 Å². The summed E-state index contributed by atoms with van der Waals surface area (Å²) < 4.78 is 15.2. The lowest BCUT2D eigenvalue weighted by atomic mass is 9.97. The molecule has 4 nitrogen and oxygen atoms in total. The van der Waals surface area contributed by atoms with Gasteiger partial charge in [0.2, 0.25) is 0 Å². The third-order valence-corrected chi connectivity index (χ3v) is 11.6. The Bertz CT molecular complexity index is 3390. The van der Waals surface area contributed by atoms with Gasteiger partial charge in [-0.25, -0.2) is 0 Å². The maximum atomic E-state index is 6.65. The molecular weight excluding hydrogens is 709 g/mol. The van der Waals surface area contributed by atoms with Gasteiger partial charge in [-0.1, -0.05) is 127 Å². The molecule has 0 radical (unpaired) electrons. The van der Waals surface area contributed by atoms with E-state index in [1.165, 1.54) is 27.4 Å². The molecule has 3 heterocycles. The standard InChI is InChI=1S/C54H34N2O2/c1-2-12-35(13-3-1)38-16-11-17-41(31-38)56-48-21-7-9-23-53(48)58-54-33-40(25-28-49(54)56)37-15-10-14-36(30-37)39-24-27-44-43-18-4-6-20-47(43)55(50(44)32-39)42-26-29-52-46(34-42)45-19-5-8-22-51(45)57-52/h1-34H. The highest BCUT2D eigenvalue weighted by atomic mass is 16.5. The van der Waals surface area contributed by atoms with Crippen LogP contribution in [0, 0.1) is 0 Å². The molecule has 1 aliphatic heterocycles. The topological polar surface area (TPSA) is 30.5 Å². The Hall–Kier alpha value is -7.82. The summed E-state index contributed by atoms with van der Waals surface area (Å²) in [5, 5.41) is 4.69. The van der Waals surface area contributed by atoms with Crippen LogP contribution in [-0.4, -0.2) is 4.57 Å². The summed E-state index contributed by atoms with van der Waals surface area (Å²) >= 11 is 0. The van der Waals surface area contributed by atoms with E-state index in [1.807, 2.05) is 24.3 Å². The van der Waals surface area contributed by atoms with Crippen molar-refractivity contribution in [2.45, 2.75) is 0 Å². The van der Waals surface area contributed by atoms with E-state index < -0.39 is 0 Å². The number of hydrogen-bond donors (Lipinski definition) is 0. The van der Waals surface area contributed by atoms with E-state index in [9.17, 15) is 0 Å². The van der Waals surface area contributed by atoms with Gasteiger partial charge >= 0.3 is 0 Å². The number of para-hydroxylation sites is 4. The first-order chi connectivity index (χ1) is 28.7. The van der Waals surface area contributed by atoms with Crippen LogP contribution in [0.4, 0.5) is 17.1 Å². The molecule has 11 aromatic rings. The molecule has 0 amide bonds. The number of hydrogen-bond acceptors (Lipinski definition) is 3. The fraction of sp³-hybridized carbons (Fsp3) is 0. The molecule has 12 rings (SSSR count). The normalized spacial score (nSPS) is 12.2. The van der Waals surface area contributed by atoms with Gasteiger partial charge in [0.15, 0.2) is 11.5 Å².